The highest BCUT2D eigenvalue weighted by molar-refractivity contribution is 5.76. The van der Waals surface area contributed by atoms with Crippen molar-refractivity contribution < 1.29 is 14.3 Å². The molecule has 1 saturated heterocycles. The van der Waals surface area contributed by atoms with Crippen molar-refractivity contribution in [3.63, 3.8) is 0 Å². The number of nitrogens with one attached hydrogen (secondary N) is 1. The van der Waals surface area contributed by atoms with Crippen molar-refractivity contribution in [2.24, 2.45) is 5.92 Å². The van der Waals surface area contributed by atoms with Gasteiger partial charge in [-0.25, -0.2) is 0 Å². The minimum Gasteiger partial charge on any atom is -0.493 e. The second-order valence-corrected chi connectivity index (χ2v) is 7.13. The topological polar surface area (TPSA) is 50.8 Å². The minimum absolute atomic E-state index is 0.0456. The van der Waals surface area contributed by atoms with Crippen LogP contribution in [0.3, 0.4) is 0 Å². The van der Waals surface area contributed by atoms with E-state index in [-0.39, 0.29) is 5.91 Å². The zero-order valence-electron chi connectivity index (χ0n) is 16.0. The summed E-state index contributed by atoms with van der Waals surface area (Å²) in [5.74, 6) is 1.40. The summed E-state index contributed by atoms with van der Waals surface area (Å²) in [6.07, 6.45) is 0.376. The fraction of sp³-hybridized carbons (Fsp3) is 0.650. The van der Waals surface area contributed by atoms with Gasteiger partial charge >= 0.3 is 0 Å². The van der Waals surface area contributed by atoms with Crippen LogP contribution < -0.4 is 10.1 Å². The van der Waals surface area contributed by atoms with Crippen LogP contribution in [0.25, 0.3) is 0 Å². The van der Waals surface area contributed by atoms with E-state index in [0.29, 0.717) is 31.5 Å². The van der Waals surface area contributed by atoms with Crippen LogP contribution in [-0.4, -0.2) is 56.3 Å². The highest BCUT2D eigenvalue weighted by Gasteiger charge is 2.24. The number of aryl methyl sites for hydroxylation is 2. The Balaban J connectivity index is 1.74. The second kappa shape index (κ2) is 9.78. The fourth-order valence-electron chi connectivity index (χ4n) is 3.12. The maximum atomic E-state index is 12.2. The zero-order valence-corrected chi connectivity index (χ0v) is 16.0. The molecule has 0 aromatic heterocycles. The van der Waals surface area contributed by atoms with Gasteiger partial charge in [-0.05, 0) is 37.0 Å². The predicted octanol–water partition coefficient (Wildman–Crippen LogP) is 2.55. The maximum absolute atomic E-state index is 12.2. The lowest BCUT2D eigenvalue weighted by molar-refractivity contribution is -0.122. The van der Waals surface area contributed by atoms with Crippen molar-refractivity contribution in [3.8, 4) is 5.75 Å². The third kappa shape index (κ3) is 6.33. The van der Waals surface area contributed by atoms with Gasteiger partial charge in [-0.2, -0.15) is 0 Å². The van der Waals surface area contributed by atoms with Crippen LogP contribution in [0.1, 0.15) is 31.4 Å². The van der Waals surface area contributed by atoms with Crippen molar-refractivity contribution in [1.29, 1.82) is 0 Å². The Hall–Kier alpha value is -1.59. The largest absolute Gasteiger partial charge is 0.493 e. The molecule has 140 valence electrons. The van der Waals surface area contributed by atoms with Gasteiger partial charge in [0.05, 0.1) is 26.2 Å². The van der Waals surface area contributed by atoms with Gasteiger partial charge in [0.1, 0.15) is 5.75 Å². The van der Waals surface area contributed by atoms with E-state index >= 15 is 0 Å². The number of rotatable bonds is 8. The van der Waals surface area contributed by atoms with E-state index in [9.17, 15) is 4.79 Å². The molecule has 25 heavy (non-hydrogen) atoms. The Labute approximate surface area is 151 Å². The second-order valence-electron chi connectivity index (χ2n) is 7.13. The van der Waals surface area contributed by atoms with E-state index in [0.717, 1.165) is 43.2 Å². The quantitative estimate of drug-likeness (QED) is 0.784. The molecule has 1 amide bonds. The summed E-state index contributed by atoms with van der Waals surface area (Å²) in [5, 5.41) is 3.07. The Morgan fingerprint density at radius 3 is 2.68 bits per heavy atom. The molecular formula is C20H32N2O3. The number of carbonyl (C=O) groups is 1. The number of benzene rings is 1. The van der Waals surface area contributed by atoms with E-state index in [1.165, 1.54) is 0 Å². The summed E-state index contributed by atoms with van der Waals surface area (Å²) in [6.45, 7) is 13.0. The van der Waals surface area contributed by atoms with Crippen LogP contribution in [0.4, 0.5) is 0 Å². The number of nitrogens with zero attached hydrogens (tertiary/aromatic N) is 1. The fourth-order valence-corrected chi connectivity index (χ4v) is 3.12. The Morgan fingerprint density at radius 2 is 2.00 bits per heavy atom. The number of amides is 1. The molecule has 1 N–H and O–H groups in total. The highest BCUT2D eigenvalue weighted by atomic mass is 16.5. The highest BCUT2D eigenvalue weighted by Crippen LogP contribution is 2.19. The summed E-state index contributed by atoms with van der Waals surface area (Å²) in [6, 6.07) is 6.47. The van der Waals surface area contributed by atoms with Crippen molar-refractivity contribution in [2.45, 2.75) is 40.2 Å². The molecule has 1 fully saturated rings. The molecule has 1 heterocycles. The van der Waals surface area contributed by atoms with Gasteiger partial charge in [-0.3, -0.25) is 9.69 Å². The first-order valence-corrected chi connectivity index (χ1v) is 9.26. The molecule has 1 atom stereocenters. The monoisotopic (exact) mass is 348 g/mol. The Morgan fingerprint density at radius 1 is 1.28 bits per heavy atom. The SMILES string of the molecule is Cc1ccc(C)c(OCCC(=O)NCC(C(C)C)N2CCOCC2)c1. The van der Waals surface area contributed by atoms with Gasteiger partial charge in [0.2, 0.25) is 5.91 Å². The molecule has 5 heteroatoms. The smallest absolute Gasteiger partial charge is 0.223 e. The van der Waals surface area contributed by atoms with E-state index in [2.05, 4.69) is 30.1 Å². The molecule has 0 spiro atoms. The molecule has 1 aromatic carbocycles. The van der Waals surface area contributed by atoms with Crippen LogP contribution in [-0.2, 0) is 9.53 Å². The molecule has 2 rings (SSSR count). The molecule has 0 aliphatic carbocycles. The lowest BCUT2D eigenvalue weighted by Crippen LogP contribution is -2.51. The third-order valence-corrected chi connectivity index (χ3v) is 4.72. The van der Waals surface area contributed by atoms with E-state index < -0.39 is 0 Å². The molecule has 1 aliphatic rings. The summed E-state index contributed by atoms with van der Waals surface area (Å²) >= 11 is 0. The summed E-state index contributed by atoms with van der Waals surface area (Å²) in [5.41, 5.74) is 2.26. The Bertz CT molecular complexity index is 554. The number of ether oxygens (including phenoxy) is 2. The summed E-state index contributed by atoms with van der Waals surface area (Å²) < 4.78 is 11.2. The summed E-state index contributed by atoms with van der Waals surface area (Å²) in [4.78, 5) is 14.6. The number of hydrogen-bond donors (Lipinski definition) is 1. The lowest BCUT2D eigenvalue weighted by atomic mass is 10.0. The molecule has 0 bridgehead atoms. The minimum atomic E-state index is 0.0456. The van der Waals surface area contributed by atoms with Gasteiger partial charge < -0.3 is 14.8 Å². The average Bonchev–Trinajstić information content (AvgIpc) is 2.59. The average molecular weight is 348 g/mol. The van der Waals surface area contributed by atoms with Gasteiger partial charge in [0.25, 0.3) is 0 Å². The Kier molecular flexibility index (Phi) is 7.72. The normalized spacial score (nSPS) is 16.7. The first kappa shape index (κ1) is 19.7. The predicted molar refractivity (Wildman–Crippen MR) is 100 cm³/mol. The van der Waals surface area contributed by atoms with Crippen LogP contribution in [0, 0.1) is 19.8 Å². The van der Waals surface area contributed by atoms with Crippen molar-refractivity contribution in [1.82, 2.24) is 10.2 Å². The van der Waals surface area contributed by atoms with E-state index in [4.69, 9.17) is 9.47 Å². The number of morpholine rings is 1. The van der Waals surface area contributed by atoms with Crippen LogP contribution in [0.15, 0.2) is 18.2 Å². The molecule has 1 aliphatic heterocycles. The molecule has 1 aromatic rings. The van der Waals surface area contributed by atoms with E-state index in [1.807, 2.05) is 26.0 Å². The molecule has 1 unspecified atom stereocenters. The van der Waals surface area contributed by atoms with Crippen molar-refractivity contribution in [2.75, 3.05) is 39.5 Å². The van der Waals surface area contributed by atoms with Gasteiger partial charge in [0, 0.05) is 25.7 Å². The molecular weight excluding hydrogens is 316 g/mol. The first-order valence-electron chi connectivity index (χ1n) is 9.26. The lowest BCUT2D eigenvalue weighted by Gasteiger charge is -2.36. The van der Waals surface area contributed by atoms with Crippen LogP contribution in [0.5, 0.6) is 5.75 Å². The molecule has 0 radical (unpaired) electrons. The maximum Gasteiger partial charge on any atom is 0.223 e. The number of carbonyl (C=O) groups excluding carboxylic acids is 1. The first-order chi connectivity index (χ1) is 12.0. The van der Waals surface area contributed by atoms with Crippen LogP contribution >= 0.6 is 0 Å². The van der Waals surface area contributed by atoms with Gasteiger partial charge in [-0.15, -0.1) is 0 Å². The third-order valence-electron chi connectivity index (χ3n) is 4.72. The zero-order chi connectivity index (χ0) is 18.2. The van der Waals surface area contributed by atoms with Crippen molar-refractivity contribution in [3.05, 3.63) is 29.3 Å². The van der Waals surface area contributed by atoms with Gasteiger partial charge in [-0.1, -0.05) is 26.0 Å². The standard InChI is InChI=1S/C20H32N2O3/c1-15(2)18(22-8-11-24-12-9-22)14-21-20(23)7-10-25-19-13-16(3)5-6-17(19)4/h5-6,13,15,18H,7-12,14H2,1-4H3,(H,21,23). The molecule has 5 nitrogen and oxygen atoms in total. The van der Waals surface area contributed by atoms with Crippen LogP contribution in [0.2, 0.25) is 0 Å². The molecule has 0 saturated carbocycles. The van der Waals surface area contributed by atoms with E-state index in [1.54, 1.807) is 0 Å². The number of hydrogen-bond acceptors (Lipinski definition) is 4. The van der Waals surface area contributed by atoms with Crippen molar-refractivity contribution >= 4 is 5.91 Å². The summed E-state index contributed by atoms with van der Waals surface area (Å²) in [7, 11) is 0. The van der Waals surface area contributed by atoms with Gasteiger partial charge in [0.15, 0.2) is 0 Å².